The molecule has 1 aromatic carbocycles. The first-order chi connectivity index (χ1) is 9.88. The number of hydrogen-bond acceptors (Lipinski definition) is 4. The average molecular weight is 405 g/mol. The first kappa shape index (κ1) is 17.8. The molecule has 0 saturated carbocycles. The molecule has 116 valence electrons. The molecule has 21 heavy (non-hydrogen) atoms. The van der Waals surface area contributed by atoms with Crippen molar-refractivity contribution >= 4 is 34.2 Å². The van der Waals surface area contributed by atoms with Crippen molar-refractivity contribution in [2.75, 3.05) is 19.6 Å². The van der Waals surface area contributed by atoms with Crippen LogP contribution in [0.5, 0.6) is 0 Å². The summed E-state index contributed by atoms with van der Waals surface area (Å²) in [5.41, 5.74) is 0.271. The number of carbonyl (C=O) groups is 1. The quantitative estimate of drug-likeness (QED) is 0.430. The zero-order valence-electron chi connectivity index (χ0n) is 12.4. The van der Waals surface area contributed by atoms with Gasteiger partial charge in [0.05, 0.1) is 10.5 Å². The van der Waals surface area contributed by atoms with Crippen LogP contribution in [0.25, 0.3) is 0 Å². The van der Waals surface area contributed by atoms with E-state index in [1.54, 1.807) is 6.07 Å². The molecule has 0 aliphatic carbocycles. The summed E-state index contributed by atoms with van der Waals surface area (Å²) in [5, 5.41) is 13.7. The summed E-state index contributed by atoms with van der Waals surface area (Å²) < 4.78 is 0.700. The summed E-state index contributed by atoms with van der Waals surface area (Å²) in [6.45, 7) is 8.67. The van der Waals surface area contributed by atoms with Crippen LogP contribution in [0.3, 0.4) is 0 Å². The lowest BCUT2D eigenvalue weighted by Gasteiger charge is -2.23. The summed E-state index contributed by atoms with van der Waals surface area (Å²) in [4.78, 5) is 24.8. The lowest BCUT2D eigenvalue weighted by atomic mass is 10.1. The third kappa shape index (κ3) is 5.24. The number of nitrogens with zero attached hydrogens (tertiary/aromatic N) is 2. The molecule has 0 aliphatic heterocycles. The summed E-state index contributed by atoms with van der Waals surface area (Å²) in [7, 11) is 0. The van der Waals surface area contributed by atoms with Crippen molar-refractivity contribution in [3.05, 3.63) is 37.4 Å². The Morgan fingerprint density at radius 1 is 1.43 bits per heavy atom. The van der Waals surface area contributed by atoms with Gasteiger partial charge in [-0.2, -0.15) is 0 Å². The lowest BCUT2D eigenvalue weighted by Crippen LogP contribution is -2.42. The number of halogens is 1. The van der Waals surface area contributed by atoms with Crippen LogP contribution in [0.2, 0.25) is 0 Å². The van der Waals surface area contributed by atoms with E-state index in [-0.39, 0.29) is 17.6 Å². The van der Waals surface area contributed by atoms with Gasteiger partial charge in [0.2, 0.25) is 0 Å². The number of rotatable bonds is 7. The van der Waals surface area contributed by atoms with E-state index >= 15 is 0 Å². The third-order valence-electron chi connectivity index (χ3n) is 3.21. The van der Waals surface area contributed by atoms with E-state index in [2.05, 4.69) is 24.1 Å². The molecule has 1 atom stereocenters. The van der Waals surface area contributed by atoms with E-state index in [4.69, 9.17) is 0 Å². The van der Waals surface area contributed by atoms with Crippen LogP contribution < -0.4 is 5.32 Å². The van der Waals surface area contributed by atoms with Crippen LogP contribution >= 0.6 is 22.6 Å². The van der Waals surface area contributed by atoms with Crippen molar-refractivity contribution in [1.29, 1.82) is 0 Å². The maximum absolute atomic E-state index is 12.3. The number of benzene rings is 1. The van der Waals surface area contributed by atoms with E-state index in [0.717, 1.165) is 19.6 Å². The lowest BCUT2D eigenvalue weighted by molar-refractivity contribution is -0.384. The molecule has 0 heterocycles. The van der Waals surface area contributed by atoms with Crippen LogP contribution in [0, 0.1) is 13.7 Å². The van der Waals surface area contributed by atoms with Gasteiger partial charge in [0.25, 0.3) is 11.6 Å². The highest BCUT2D eigenvalue weighted by Gasteiger charge is 2.17. The minimum absolute atomic E-state index is 0.0209. The van der Waals surface area contributed by atoms with Crippen LogP contribution in [0.4, 0.5) is 5.69 Å². The SMILES string of the molecule is CCN(CC)CC(C)NC(=O)c1cc([N+](=O)[O-])ccc1I. The van der Waals surface area contributed by atoms with E-state index in [1.807, 2.05) is 29.5 Å². The van der Waals surface area contributed by atoms with Gasteiger partial charge in [0, 0.05) is 28.3 Å². The Bertz CT molecular complexity index is 518. The Morgan fingerprint density at radius 3 is 2.57 bits per heavy atom. The van der Waals surface area contributed by atoms with E-state index in [1.165, 1.54) is 12.1 Å². The van der Waals surface area contributed by atoms with Gasteiger partial charge in [0.15, 0.2) is 0 Å². The molecule has 0 radical (unpaired) electrons. The zero-order chi connectivity index (χ0) is 16.0. The molecule has 1 unspecified atom stereocenters. The number of nitro groups is 1. The average Bonchev–Trinajstić information content (AvgIpc) is 2.44. The number of non-ortho nitro benzene ring substituents is 1. The molecule has 0 fully saturated rings. The Kier molecular flexibility index (Phi) is 7.03. The summed E-state index contributed by atoms with van der Waals surface area (Å²) in [6.07, 6.45) is 0. The molecule has 1 rings (SSSR count). The van der Waals surface area contributed by atoms with Crippen molar-refractivity contribution in [3.63, 3.8) is 0 Å². The smallest absolute Gasteiger partial charge is 0.270 e. The van der Waals surface area contributed by atoms with Crippen LogP contribution in [-0.4, -0.2) is 41.4 Å². The van der Waals surface area contributed by atoms with Crippen LogP contribution in [-0.2, 0) is 0 Å². The summed E-state index contributed by atoms with van der Waals surface area (Å²) >= 11 is 2.01. The monoisotopic (exact) mass is 405 g/mol. The van der Waals surface area contributed by atoms with E-state index in [0.29, 0.717) is 9.13 Å². The standard InChI is InChI=1S/C14H20IN3O3/c1-4-17(5-2)9-10(3)16-14(19)12-8-11(18(20)21)6-7-13(12)15/h6-8,10H,4-5,9H2,1-3H3,(H,16,19). The minimum atomic E-state index is -0.494. The van der Waals surface area contributed by atoms with Gasteiger partial charge in [-0.1, -0.05) is 13.8 Å². The van der Waals surface area contributed by atoms with Gasteiger partial charge in [-0.15, -0.1) is 0 Å². The minimum Gasteiger partial charge on any atom is -0.348 e. The first-order valence-corrected chi connectivity index (χ1v) is 7.94. The predicted octanol–water partition coefficient (Wildman–Crippen LogP) is 2.66. The fourth-order valence-corrected chi connectivity index (χ4v) is 2.60. The number of nitrogens with one attached hydrogen (secondary N) is 1. The molecular formula is C14H20IN3O3. The van der Waals surface area contributed by atoms with E-state index < -0.39 is 4.92 Å². The number of nitro benzene ring substituents is 1. The first-order valence-electron chi connectivity index (χ1n) is 6.86. The molecule has 6 nitrogen and oxygen atoms in total. The van der Waals surface area contributed by atoms with Gasteiger partial charge >= 0.3 is 0 Å². The topological polar surface area (TPSA) is 75.5 Å². The Hall–Kier alpha value is -1.22. The normalized spacial score (nSPS) is 12.2. The van der Waals surface area contributed by atoms with Crippen molar-refractivity contribution in [2.45, 2.75) is 26.8 Å². The fourth-order valence-electron chi connectivity index (χ4n) is 2.02. The molecule has 0 saturated heterocycles. The van der Waals surface area contributed by atoms with Crippen molar-refractivity contribution in [2.24, 2.45) is 0 Å². The molecule has 1 aromatic rings. The largest absolute Gasteiger partial charge is 0.348 e. The van der Waals surface area contributed by atoms with Crippen molar-refractivity contribution in [1.82, 2.24) is 10.2 Å². The predicted molar refractivity (Wildman–Crippen MR) is 90.5 cm³/mol. The second-order valence-electron chi connectivity index (χ2n) is 4.78. The molecular weight excluding hydrogens is 385 g/mol. The number of hydrogen-bond donors (Lipinski definition) is 1. The van der Waals surface area contributed by atoms with Gasteiger partial charge in [-0.25, -0.2) is 0 Å². The Labute approximate surface area is 138 Å². The maximum Gasteiger partial charge on any atom is 0.270 e. The molecule has 1 amide bonds. The molecule has 0 aliphatic rings. The molecule has 0 bridgehead atoms. The maximum atomic E-state index is 12.3. The second kappa shape index (κ2) is 8.28. The molecule has 0 spiro atoms. The number of likely N-dealkylation sites (N-methyl/N-ethyl adjacent to an activating group) is 1. The van der Waals surface area contributed by atoms with Gasteiger partial charge in [-0.3, -0.25) is 14.9 Å². The second-order valence-corrected chi connectivity index (χ2v) is 5.94. The van der Waals surface area contributed by atoms with Gasteiger partial charge < -0.3 is 10.2 Å². The Balaban J connectivity index is 2.79. The molecule has 1 N–H and O–H groups in total. The van der Waals surface area contributed by atoms with Gasteiger partial charge in [-0.05, 0) is 48.7 Å². The third-order valence-corrected chi connectivity index (χ3v) is 4.15. The summed E-state index contributed by atoms with van der Waals surface area (Å²) in [5.74, 6) is -0.275. The van der Waals surface area contributed by atoms with Crippen LogP contribution in [0.15, 0.2) is 18.2 Å². The van der Waals surface area contributed by atoms with E-state index in [9.17, 15) is 14.9 Å². The fraction of sp³-hybridized carbons (Fsp3) is 0.500. The zero-order valence-corrected chi connectivity index (χ0v) is 14.6. The number of carbonyl (C=O) groups excluding carboxylic acids is 1. The molecule has 7 heteroatoms. The Morgan fingerprint density at radius 2 is 2.05 bits per heavy atom. The number of amides is 1. The highest BCUT2D eigenvalue weighted by molar-refractivity contribution is 14.1. The highest BCUT2D eigenvalue weighted by Crippen LogP contribution is 2.19. The summed E-state index contributed by atoms with van der Waals surface area (Å²) in [6, 6.07) is 4.29. The van der Waals surface area contributed by atoms with Gasteiger partial charge in [0.1, 0.15) is 0 Å². The van der Waals surface area contributed by atoms with Crippen molar-refractivity contribution < 1.29 is 9.72 Å². The van der Waals surface area contributed by atoms with Crippen molar-refractivity contribution in [3.8, 4) is 0 Å². The van der Waals surface area contributed by atoms with Crippen LogP contribution in [0.1, 0.15) is 31.1 Å². The highest BCUT2D eigenvalue weighted by atomic mass is 127. The molecule has 0 aromatic heterocycles.